The molecule has 0 radical (unpaired) electrons. The highest BCUT2D eigenvalue weighted by Crippen LogP contribution is 2.41. The van der Waals surface area contributed by atoms with Gasteiger partial charge in [0.2, 0.25) is 11.8 Å². The molecule has 2 aliphatic rings. The van der Waals surface area contributed by atoms with E-state index in [2.05, 4.69) is 6.08 Å². The zero-order chi connectivity index (χ0) is 15.1. The number of likely N-dealkylation sites (tertiary alicyclic amines) is 1. The molecule has 4 heteroatoms. The lowest BCUT2D eigenvalue weighted by Gasteiger charge is -2.25. The van der Waals surface area contributed by atoms with Crippen LogP contribution in [0.5, 0.6) is 0 Å². The number of amides is 2. The van der Waals surface area contributed by atoms with E-state index in [0.717, 1.165) is 12.0 Å². The van der Waals surface area contributed by atoms with Crippen LogP contribution in [0, 0.1) is 17.8 Å². The number of hydrogen-bond donors (Lipinski definition) is 0. The number of rotatable bonds is 2. The second-order valence-corrected chi connectivity index (χ2v) is 6.35. The summed E-state index contributed by atoms with van der Waals surface area (Å²) in [6.45, 7) is 4.47. The van der Waals surface area contributed by atoms with Gasteiger partial charge in [0, 0.05) is 11.6 Å². The number of pyridine rings is 1. The molecule has 0 N–H and O–H groups in total. The number of nitrogens with zero attached hydrogens (tertiary/aromatic N) is 2. The third-order valence-corrected chi connectivity index (χ3v) is 4.57. The van der Waals surface area contributed by atoms with Gasteiger partial charge >= 0.3 is 0 Å². The van der Waals surface area contributed by atoms with Gasteiger partial charge in [0.1, 0.15) is 7.05 Å². The fourth-order valence-electron chi connectivity index (χ4n) is 3.67. The third-order valence-electron chi connectivity index (χ3n) is 4.57. The van der Waals surface area contributed by atoms with Crippen molar-refractivity contribution >= 4 is 11.8 Å². The molecule has 1 aliphatic heterocycles. The average Bonchev–Trinajstić information content (AvgIpc) is 2.64. The number of imide groups is 1. The van der Waals surface area contributed by atoms with Crippen LogP contribution in [0.4, 0.5) is 0 Å². The highest BCUT2D eigenvalue weighted by Gasteiger charge is 2.50. The van der Waals surface area contributed by atoms with Gasteiger partial charge in [-0.1, -0.05) is 18.6 Å². The quantitative estimate of drug-likeness (QED) is 0.470. The summed E-state index contributed by atoms with van der Waals surface area (Å²) < 4.78 is 1.93. The molecule has 1 fully saturated rings. The van der Waals surface area contributed by atoms with Crippen LogP contribution in [-0.4, -0.2) is 16.7 Å². The summed E-state index contributed by atoms with van der Waals surface area (Å²) in [5.41, 5.74) is 2.20. The summed E-state index contributed by atoms with van der Waals surface area (Å²) in [7, 11) is 1.94. The van der Waals surface area contributed by atoms with E-state index in [-0.39, 0.29) is 29.6 Å². The lowest BCUT2D eigenvalue weighted by molar-refractivity contribution is -0.672. The van der Waals surface area contributed by atoms with E-state index >= 15 is 0 Å². The van der Waals surface area contributed by atoms with Crippen LogP contribution in [0.15, 0.2) is 36.2 Å². The fourth-order valence-corrected chi connectivity index (χ4v) is 3.67. The molecular weight excluding hydrogens is 264 g/mol. The van der Waals surface area contributed by atoms with Gasteiger partial charge in [-0.2, -0.15) is 0 Å². The highest BCUT2D eigenvalue weighted by atomic mass is 16.2. The second-order valence-electron chi connectivity index (χ2n) is 6.35. The van der Waals surface area contributed by atoms with E-state index in [9.17, 15) is 9.59 Å². The van der Waals surface area contributed by atoms with E-state index in [4.69, 9.17) is 0 Å². The Morgan fingerprint density at radius 1 is 1.33 bits per heavy atom. The zero-order valence-electron chi connectivity index (χ0n) is 12.7. The van der Waals surface area contributed by atoms with Gasteiger partial charge in [0.15, 0.2) is 12.4 Å². The predicted molar refractivity (Wildman–Crippen MR) is 77.7 cm³/mol. The average molecular weight is 285 g/mol. The van der Waals surface area contributed by atoms with Crippen molar-refractivity contribution in [2.75, 3.05) is 0 Å². The van der Waals surface area contributed by atoms with Crippen LogP contribution in [0.3, 0.4) is 0 Å². The van der Waals surface area contributed by atoms with Crippen molar-refractivity contribution < 1.29 is 14.2 Å². The Balaban J connectivity index is 1.86. The molecule has 0 spiro atoms. The Labute approximate surface area is 125 Å². The van der Waals surface area contributed by atoms with Crippen LogP contribution in [-0.2, 0) is 23.2 Å². The first kappa shape index (κ1) is 14.0. The van der Waals surface area contributed by atoms with E-state index in [1.54, 1.807) is 0 Å². The summed E-state index contributed by atoms with van der Waals surface area (Å²) in [5, 5.41) is 0. The molecule has 0 unspecified atom stereocenters. The van der Waals surface area contributed by atoms with Gasteiger partial charge in [-0.15, -0.1) is 0 Å². The second kappa shape index (κ2) is 5.10. The molecule has 21 heavy (non-hydrogen) atoms. The summed E-state index contributed by atoms with van der Waals surface area (Å²) in [4.78, 5) is 26.7. The largest absolute Gasteiger partial charge is 0.277 e. The van der Waals surface area contributed by atoms with Gasteiger partial charge in [0.05, 0.1) is 18.4 Å². The summed E-state index contributed by atoms with van der Waals surface area (Å²) in [5.74, 6) is -0.186. The van der Waals surface area contributed by atoms with Crippen molar-refractivity contribution in [1.82, 2.24) is 4.90 Å². The maximum atomic E-state index is 12.6. The lowest BCUT2D eigenvalue weighted by Crippen LogP contribution is -2.33. The molecule has 0 bridgehead atoms. The van der Waals surface area contributed by atoms with E-state index in [1.807, 2.05) is 50.0 Å². The minimum absolute atomic E-state index is 0.00388. The zero-order valence-corrected chi connectivity index (χ0v) is 12.7. The smallest absolute Gasteiger partial charge is 0.234 e. The first-order valence-corrected chi connectivity index (χ1v) is 7.44. The van der Waals surface area contributed by atoms with Gasteiger partial charge in [-0.25, -0.2) is 4.57 Å². The molecule has 2 amide bonds. The van der Waals surface area contributed by atoms with E-state index in [1.165, 1.54) is 10.5 Å². The molecule has 1 aromatic heterocycles. The van der Waals surface area contributed by atoms with Crippen LogP contribution < -0.4 is 4.57 Å². The standard InChI is InChI=1S/C17H21N2O2/c1-11-7-12(2)15-14(8-11)16(20)19(17(15)21)10-13-5-4-6-18(3)9-13/h4-7,9,12,14-15H,8,10H2,1-3H3/q+1/t12-,14+,15-/m1/s1. The summed E-state index contributed by atoms with van der Waals surface area (Å²) in [6.07, 6.45) is 6.75. The molecule has 3 atom stereocenters. The Morgan fingerprint density at radius 3 is 2.81 bits per heavy atom. The molecule has 0 aromatic carbocycles. The van der Waals surface area contributed by atoms with Crippen LogP contribution >= 0.6 is 0 Å². The molecule has 0 saturated carbocycles. The van der Waals surface area contributed by atoms with Crippen molar-refractivity contribution in [3.8, 4) is 0 Å². The van der Waals surface area contributed by atoms with E-state index in [0.29, 0.717) is 6.54 Å². The predicted octanol–water partition coefficient (Wildman–Crippen LogP) is 1.60. The van der Waals surface area contributed by atoms with Crippen molar-refractivity contribution in [3.63, 3.8) is 0 Å². The van der Waals surface area contributed by atoms with Crippen molar-refractivity contribution in [2.24, 2.45) is 24.8 Å². The minimum Gasteiger partial charge on any atom is -0.277 e. The Kier molecular flexibility index (Phi) is 3.40. The number of aromatic nitrogens is 1. The van der Waals surface area contributed by atoms with Crippen LogP contribution in [0.2, 0.25) is 0 Å². The van der Waals surface area contributed by atoms with Crippen molar-refractivity contribution in [3.05, 3.63) is 41.7 Å². The molecular formula is C17H21N2O2+. The number of carbonyl (C=O) groups excluding carboxylic acids is 2. The fraction of sp³-hybridized carbons (Fsp3) is 0.471. The third kappa shape index (κ3) is 2.39. The van der Waals surface area contributed by atoms with Gasteiger partial charge in [-0.05, 0) is 25.3 Å². The number of carbonyl (C=O) groups is 2. The Bertz CT molecular complexity index is 635. The SMILES string of the molecule is CC1=C[C@@H](C)[C@H]2C(=O)N(Cc3ccc[n+](C)c3)C(=O)[C@H]2C1. The molecule has 2 heterocycles. The monoisotopic (exact) mass is 285 g/mol. The molecule has 1 saturated heterocycles. The maximum absolute atomic E-state index is 12.6. The normalized spacial score (nSPS) is 28.6. The van der Waals surface area contributed by atoms with Gasteiger partial charge in [0.25, 0.3) is 0 Å². The first-order chi connectivity index (χ1) is 9.97. The highest BCUT2D eigenvalue weighted by molar-refractivity contribution is 6.05. The number of hydrogen-bond acceptors (Lipinski definition) is 2. The van der Waals surface area contributed by atoms with Gasteiger partial charge in [-0.3, -0.25) is 14.5 Å². The van der Waals surface area contributed by atoms with Crippen LogP contribution in [0.1, 0.15) is 25.8 Å². The number of fused-ring (bicyclic) bond motifs is 1. The first-order valence-electron chi connectivity index (χ1n) is 7.44. The molecule has 4 nitrogen and oxygen atoms in total. The van der Waals surface area contributed by atoms with E-state index < -0.39 is 0 Å². The molecule has 3 rings (SSSR count). The minimum atomic E-state index is -0.168. The summed E-state index contributed by atoms with van der Waals surface area (Å²) in [6, 6.07) is 3.89. The van der Waals surface area contributed by atoms with Crippen LogP contribution in [0.25, 0.3) is 0 Å². The maximum Gasteiger partial charge on any atom is 0.234 e. The Morgan fingerprint density at radius 2 is 2.10 bits per heavy atom. The topological polar surface area (TPSA) is 41.3 Å². The van der Waals surface area contributed by atoms with Gasteiger partial charge < -0.3 is 0 Å². The number of allylic oxidation sites excluding steroid dienone is 2. The lowest BCUT2D eigenvalue weighted by atomic mass is 9.76. The molecule has 1 aliphatic carbocycles. The van der Waals surface area contributed by atoms with Crippen molar-refractivity contribution in [2.45, 2.75) is 26.8 Å². The van der Waals surface area contributed by atoms with Crippen molar-refractivity contribution in [1.29, 1.82) is 0 Å². The Hall–Kier alpha value is -1.97. The summed E-state index contributed by atoms with van der Waals surface area (Å²) >= 11 is 0. The molecule has 1 aromatic rings. The number of aryl methyl sites for hydroxylation is 1. The molecule has 110 valence electrons.